The Morgan fingerprint density at radius 1 is 1.04 bits per heavy atom. The van der Waals surface area contributed by atoms with Crippen LogP contribution in [-0.2, 0) is 16.0 Å². The summed E-state index contributed by atoms with van der Waals surface area (Å²) < 4.78 is 5.10. The summed E-state index contributed by atoms with van der Waals surface area (Å²) in [6.07, 6.45) is 2.11. The fourth-order valence-electron chi connectivity index (χ4n) is 2.54. The number of amides is 2. The smallest absolute Gasteiger partial charge is 0.268 e. The third kappa shape index (κ3) is 3.63. The van der Waals surface area contributed by atoms with Gasteiger partial charge in [-0.3, -0.25) is 9.59 Å². The van der Waals surface area contributed by atoms with Crippen LogP contribution >= 0.6 is 0 Å². The summed E-state index contributed by atoms with van der Waals surface area (Å²) in [4.78, 5) is 24.5. The third-order valence-corrected chi connectivity index (χ3v) is 3.83. The van der Waals surface area contributed by atoms with Crippen LogP contribution < -0.4 is 15.4 Å². The minimum Gasteiger partial charge on any atom is -0.497 e. The van der Waals surface area contributed by atoms with E-state index in [1.165, 1.54) is 0 Å². The van der Waals surface area contributed by atoms with Crippen molar-refractivity contribution < 1.29 is 14.3 Å². The van der Waals surface area contributed by atoms with Crippen molar-refractivity contribution in [1.29, 1.82) is 0 Å². The molecule has 0 spiro atoms. The van der Waals surface area contributed by atoms with Gasteiger partial charge in [0.2, 0.25) is 5.91 Å². The molecule has 0 saturated carbocycles. The topological polar surface area (TPSA) is 67.4 Å². The van der Waals surface area contributed by atoms with Gasteiger partial charge in [0.15, 0.2) is 0 Å². The van der Waals surface area contributed by atoms with Gasteiger partial charge < -0.3 is 15.4 Å². The van der Waals surface area contributed by atoms with Crippen molar-refractivity contribution in [3.8, 4) is 5.75 Å². The average Bonchev–Trinajstić information content (AvgIpc) is 2.61. The molecule has 0 bridgehead atoms. The SMILES string of the molecule is COc1ccc(/C=C2\NC(=O)C(Cc3ccccc3)NC2=O)cc1. The molecule has 2 aromatic rings. The first-order valence-electron chi connectivity index (χ1n) is 7.67. The second-order valence-corrected chi connectivity index (χ2v) is 5.54. The largest absolute Gasteiger partial charge is 0.497 e. The maximum Gasteiger partial charge on any atom is 0.268 e. The van der Waals surface area contributed by atoms with Gasteiger partial charge in [-0.05, 0) is 29.3 Å². The molecule has 1 fully saturated rings. The Labute approximate surface area is 140 Å². The summed E-state index contributed by atoms with van der Waals surface area (Å²) in [5, 5.41) is 5.46. The molecular weight excluding hydrogens is 304 g/mol. The Hall–Kier alpha value is -3.08. The van der Waals surface area contributed by atoms with Gasteiger partial charge in [0.1, 0.15) is 17.5 Å². The molecule has 3 rings (SSSR count). The zero-order valence-electron chi connectivity index (χ0n) is 13.3. The monoisotopic (exact) mass is 322 g/mol. The molecule has 2 aromatic carbocycles. The number of hydrogen-bond acceptors (Lipinski definition) is 3. The minimum absolute atomic E-state index is 0.210. The molecule has 1 atom stereocenters. The highest BCUT2D eigenvalue weighted by atomic mass is 16.5. The van der Waals surface area contributed by atoms with Crippen LogP contribution in [0.15, 0.2) is 60.3 Å². The summed E-state index contributed by atoms with van der Waals surface area (Å²) in [6.45, 7) is 0. The van der Waals surface area contributed by atoms with Crippen molar-refractivity contribution in [2.45, 2.75) is 12.5 Å². The van der Waals surface area contributed by atoms with E-state index in [1.54, 1.807) is 25.3 Å². The Morgan fingerprint density at radius 2 is 1.75 bits per heavy atom. The molecule has 0 aliphatic carbocycles. The summed E-state index contributed by atoms with van der Waals surface area (Å²) in [5.41, 5.74) is 2.05. The Kier molecular flexibility index (Phi) is 4.61. The van der Waals surface area contributed by atoms with Gasteiger partial charge >= 0.3 is 0 Å². The van der Waals surface area contributed by atoms with E-state index in [0.29, 0.717) is 6.42 Å². The summed E-state index contributed by atoms with van der Waals surface area (Å²) in [7, 11) is 1.59. The highest BCUT2D eigenvalue weighted by Crippen LogP contribution is 2.15. The molecule has 122 valence electrons. The zero-order chi connectivity index (χ0) is 16.9. The first-order chi connectivity index (χ1) is 11.7. The van der Waals surface area contributed by atoms with Crippen LogP contribution in [0.3, 0.4) is 0 Å². The normalized spacial score (nSPS) is 18.9. The minimum atomic E-state index is -0.562. The third-order valence-electron chi connectivity index (χ3n) is 3.83. The maximum absolute atomic E-state index is 12.3. The lowest BCUT2D eigenvalue weighted by molar-refractivity contribution is -0.131. The number of piperazine rings is 1. The number of rotatable bonds is 4. The molecule has 5 nitrogen and oxygen atoms in total. The fraction of sp³-hybridized carbons (Fsp3) is 0.158. The molecule has 1 saturated heterocycles. The van der Waals surface area contributed by atoms with Gasteiger partial charge in [-0.15, -0.1) is 0 Å². The van der Waals surface area contributed by atoms with Crippen molar-refractivity contribution in [2.75, 3.05) is 7.11 Å². The second kappa shape index (κ2) is 7.00. The predicted molar refractivity (Wildman–Crippen MR) is 91.2 cm³/mol. The molecule has 2 N–H and O–H groups in total. The van der Waals surface area contributed by atoms with Gasteiger partial charge in [0.05, 0.1) is 7.11 Å². The number of hydrogen-bond donors (Lipinski definition) is 2. The molecular formula is C19H18N2O3. The maximum atomic E-state index is 12.3. The van der Waals surface area contributed by atoms with E-state index in [2.05, 4.69) is 10.6 Å². The molecule has 1 unspecified atom stereocenters. The van der Waals surface area contributed by atoms with E-state index in [-0.39, 0.29) is 17.5 Å². The molecule has 0 aromatic heterocycles. The van der Waals surface area contributed by atoms with E-state index in [1.807, 2.05) is 42.5 Å². The van der Waals surface area contributed by atoms with E-state index in [0.717, 1.165) is 16.9 Å². The first-order valence-corrected chi connectivity index (χ1v) is 7.67. The number of nitrogens with one attached hydrogen (secondary N) is 2. The predicted octanol–water partition coefficient (Wildman–Crippen LogP) is 1.89. The van der Waals surface area contributed by atoms with Crippen LogP contribution in [0.4, 0.5) is 0 Å². The molecule has 1 aliphatic rings. The molecule has 1 aliphatic heterocycles. The average molecular weight is 322 g/mol. The number of benzene rings is 2. The Bertz CT molecular complexity index is 767. The van der Waals surface area contributed by atoms with E-state index in [9.17, 15) is 9.59 Å². The van der Waals surface area contributed by atoms with Crippen molar-refractivity contribution in [1.82, 2.24) is 10.6 Å². The van der Waals surface area contributed by atoms with Crippen LogP contribution in [-0.4, -0.2) is 25.0 Å². The van der Waals surface area contributed by atoms with Crippen LogP contribution in [0.5, 0.6) is 5.75 Å². The van der Waals surface area contributed by atoms with Crippen LogP contribution in [0.1, 0.15) is 11.1 Å². The number of carbonyl (C=O) groups excluding carboxylic acids is 2. The first kappa shape index (κ1) is 15.8. The molecule has 24 heavy (non-hydrogen) atoms. The van der Waals surface area contributed by atoms with E-state index in [4.69, 9.17) is 4.74 Å². The van der Waals surface area contributed by atoms with Crippen molar-refractivity contribution in [3.05, 3.63) is 71.4 Å². The molecule has 2 amide bonds. The number of carbonyl (C=O) groups is 2. The van der Waals surface area contributed by atoms with Crippen molar-refractivity contribution in [2.24, 2.45) is 0 Å². The van der Waals surface area contributed by atoms with E-state index >= 15 is 0 Å². The lowest BCUT2D eigenvalue weighted by Crippen LogP contribution is -2.55. The van der Waals surface area contributed by atoms with Crippen LogP contribution in [0, 0.1) is 0 Å². The summed E-state index contributed by atoms with van der Waals surface area (Å²) >= 11 is 0. The molecule has 5 heteroatoms. The highest BCUT2D eigenvalue weighted by Gasteiger charge is 2.29. The summed E-state index contributed by atoms with van der Waals surface area (Å²) in [5.74, 6) is 0.238. The number of methoxy groups -OCH3 is 1. The fourth-order valence-corrected chi connectivity index (χ4v) is 2.54. The van der Waals surface area contributed by atoms with Gasteiger partial charge in [-0.25, -0.2) is 0 Å². The second-order valence-electron chi connectivity index (χ2n) is 5.54. The van der Waals surface area contributed by atoms with Crippen LogP contribution in [0.25, 0.3) is 6.08 Å². The van der Waals surface area contributed by atoms with Gasteiger partial charge in [-0.2, -0.15) is 0 Å². The standard InChI is InChI=1S/C19H18N2O3/c1-24-15-9-7-14(8-10-15)12-17-19(23)20-16(18(22)21-17)11-13-5-3-2-4-6-13/h2-10,12,16H,11H2,1H3,(H,20,23)(H,21,22)/b17-12-. The van der Waals surface area contributed by atoms with Crippen molar-refractivity contribution in [3.63, 3.8) is 0 Å². The Balaban J connectivity index is 1.71. The summed E-state index contributed by atoms with van der Waals surface area (Å²) in [6, 6.07) is 16.3. The van der Waals surface area contributed by atoms with E-state index < -0.39 is 6.04 Å². The van der Waals surface area contributed by atoms with Gasteiger partial charge in [0, 0.05) is 6.42 Å². The molecule has 1 heterocycles. The van der Waals surface area contributed by atoms with Gasteiger partial charge in [-0.1, -0.05) is 42.5 Å². The lowest BCUT2D eigenvalue weighted by Gasteiger charge is -2.25. The lowest BCUT2D eigenvalue weighted by atomic mass is 10.0. The quantitative estimate of drug-likeness (QED) is 0.845. The Morgan fingerprint density at radius 3 is 2.42 bits per heavy atom. The van der Waals surface area contributed by atoms with Gasteiger partial charge in [0.25, 0.3) is 5.91 Å². The van der Waals surface area contributed by atoms with Crippen molar-refractivity contribution >= 4 is 17.9 Å². The number of ether oxygens (including phenoxy) is 1. The highest BCUT2D eigenvalue weighted by molar-refractivity contribution is 6.07. The zero-order valence-corrected chi connectivity index (χ0v) is 13.3. The molecule has 0 radical (unpaired) electrons. The van der Waals surface area contributed by atoms with Crippen LogP contribution in [0.2, 0.25) is 0 Å².